The number of hydrogen-bond acceptors (Lipinski definition) is 3. The fourth-order valence-corrected chi connectivity index (χ4v) is 1.86. The van der Waals surface area contributed by atoms with Crippen LogP contribution < -0.4 is 0 Å². The third-order valence-corrected chi connectivity index (χ3v) is 2.91. The molecule has 0 aliphatic heterocycles. The first-order valence-corrected chi connectivity index (χ1v) is 6.55. The molecule has 0 aromatic heterocycles. The second kappa shape index (κ2) is 8.51. The molecule has 0 radical (unpaired) electrons. The monoisotopic (exact) mass is 268 g/mol. The fourth-order valence-electron chi connectivity index (χ4n) is 1.86. The third kappa shape index (κ3) is 8.19. The predicted octanol–water partition coefficient (Wildman–Crippen LogP) is 3.48. The van der Waals surface area contributed by atoms with E-state index < -0.39 is 5.97 Å². The van der Waals surface area contributed by atoms with E-state index in [0.29, 0.717) is 5.57 Å². The minimum atomic E-state index is -0.891. The summed E-state index contributed by atoms with van der Waals surface area (Å²) in [6, 6.07) is 0. The van der Waals surface area contributed by atoms with Gasteiger partial charge in [0.25, 0.3) is 0 Å². The summed E-state index contributed by atoms with van der Waals surface area (Å²) in [5.74, 6) is -1.14. The van der Waals surface area contributed by atoms with Crippen LogP contribution in [0.3, 0.4) is 0 Å². The maximum Gasteiger partial charge on any atom is 0.333 e. The molecule has 0 atom stereocenters. The molecule has 4 nitrogen and oxygen atoms in total. The van der Waals surface area contributed by atoms with Crippen LogP contribution in [0.2, 0.25) is 0 Å². The van der Waals surface area contributed by atoms with Crippen molar-refractivity contribution in [3.05, 3.63) is 24.3 Å². The Morgan fingerprint density at radius 1 is 1.26 bits per heavy atom. The Labute approximate surface area is 115 Å². The minimum Gasteiger partial charge on any atom is -0.478 e. The lowest BCUT2D eigenvalue weighted by Gasteiger charge is -2.33. The van der Waals surface area contributed by atoms with Gasteiger partial charge in [-0.15, -0.1) is 0 Å². The van der Waals surface area contributed by atoms with Crippen LogP contribution in [0.4, 0.5) is 0 Å². The van der Waals surface area contributed by atoms with E-state index in [1.165, 1.54) is 25.3 Å². The molecule has 0 unspecified atom stereocenters. The average molecular weight is 268 g/mol. The third-order valence-electron chi connectivity index (χ3n) is 2.91. The molecule has 0 aromatic rings. The van der Waals surface area contributed by atoms with E-state index in [1.54, 1.807) is 13.8 Å². The highest BCUT2D eigenvalue weighted by Crippen LogP contribution is 2.31. The summed E-state index contributed by atoms with van der Waals surface area (Å²) in [5.41, 5.74) is 0.265. The molecule has 0 spiro atoms. The van der Waals surface area contributed by atoms with Gasteiger partial charge in [-0.05, 0) is 46.5 Å². The number of esters is 1. The van der Waals surface area contributed by atoms with E-state index in [-0.39, 0.29) is 11.6 Å². The number of carboxylic acids is 1. The van der Waals surface area contributed by atoms with E-state index in [1.807, 2.05) is 6.92 Å². The van der Waals surface area contributed by atoms with Crippen molar-refractivity contribution in [1.29, 1.82) is 0 Å². The van der Waals surface area contributed by atoms with Crippen molar-refractivity contribution < 1.29 is 19.4 Å². The predicted molar refractivity (Wildman–Crippen MR) is 74.8 cm³/mol. The number of carbonyl (C=O) groups is 2. The smallest absolute Gasteiger partial charge is 0.333 e. The Balaban J connectivity index is 0.000000459. The first-order chi connectivity index (χ1) is 8.80. The van der Waals surface area contributed by atoms with E-state index in [2.05, 4.69) is 6.58 Å². The van der Waals surface area contributed by atoms with Crippen LogP contribution >= 0.6 is 0 Å². The number of carboxylic acid groups (broad SMARTS) is 1. The van der Waals surface area contributed by atoms with Crippen LogP contribution in [0.25, 0.3) is 0 Å². The summed E-state index contributed by atoms with van der Waals surface area (Å²) < 4.78 is 5.40. The largest absolute Gasteiger partial charge is 0.478 e. The number of hydrogen-bond donors (Lipinski definition) is 1. The summed E-state index contributed by atoms with van der Waals surface area (Å²) in [5, 5.41) is 7.83. The van der Waals surface area contributed by atoms with Crippen molar-refractivity contribution in [2.24, 2.45) is 0 Å². The van der Waals surface area contributed by atoms with E-state index in [4.69, 9.17) is 9.84 Å². The number of ether oxygens (including phenoxy) is 1. The van der Waals surface area contributed by atoms with Gasteiger partial charge in [0.1, 0.15) is 5.60 Å². The van der Waals surface area contributed by atoms with Crippen molar-refractivity contribution in [2.75, 3.05) is 0 Å². The lowest BCUT2D eigenvalue weighted by molar-refractivity contribution is -0.156. The molecule has 4 heteroatoms. The Morgan fingerprint density at radius 2 is 1.79 bits per heavy atom. The Morgan fingerprint density at radius 3 is 2.11 bits per heavy atom. The molecule has 1 fully saturated rings. The minimum absolute atomic E-state index is 0.228. The molecule has 0 aromatic carbocycles. The highest BCUT2D eigenvalue weighted by Gasteiger charge is 2.30. The lowest BCUT2D eigenvalue weighted by atomic mass is 9.86. The van der Waals surface area contributed by atoms with Crippen molar-refractivity contribution in [1.82, 2.24) is 0 Å². The quantitative estimate of drug-likeness (QED) is 0.628. The molecule has 19 heavy (non-hydrogen) atoms. The number of aliphatic carboxylic acids is 1. The molecule has 0 heterocycles. The van der Waals surface area contributed by atoms with Crippen LogP contribution in [0.15, 0.2) is 24.3 Å². The van der Waals surface area contributed by atoms with Gasteiger partial charge in [0.2, 0.25) is 0 Å². The van der Waals surface area contributed by atoms with Gasteiger partial charge in [0.15, 0.2) is 0 Å². The molecule has 108 valence electrons. The van der Waals surface area contributed by atoms with Gasteiger partial charge in [0, 0.05) is 11.6 Å². The highest BCUT2D eigenvalue weighted by molar-refractivity contribution is 5.87. The second-order valence-corrected chi connectivity index (χ2v) is 5.02. The molecule has 0 bridgehead atoms. The first-order valence-electron chi connectivity index (χ1n) is 6.55. The summed E-state index contributed by atoms with van der Waals surface area (Å²) >= 11 is 0. The van der Waals surface area contributed by atoms with E-state index >= 15 is 0 Å². The van der Waals surface area contributed by atoms with Gasteiger partial charge < -0.3 is 9.84 Å². The molecule has 0 saturated heterocycles. The highest BCUT2D eigenvalue weighted by atomic mass is 16.6. The maximum absolute atomic E-state index is 11.3. The van der Waals surface area contributed by atoms with Crippen LogP contribution in [-0.2, 0) is 14.3 Å². The lowest BCUT2D eigenvalue weighted by Crippen LogP contribution is -2.34. The zero-order chi connectivity index (χ0) is 14.9. The van der Waals surface area contributed by atoms with Crippen molar-refractivity contribution in [3.63, 3.8) is 0 Å². The fraction of sp³-hybridized carbons (Fsp3) is 0.600. The molecular weight excluding hydrogens is 244 g/mol. The van der Waals surface area contributed by atoms with Crippen molar-refractivity contribution in [2.45, 2.75) is 58.5 Å². The molecule has 1 aliphatic rings. The second-order valence-electron chi connectivity index (χ2n) is 5.02. The van der Waals surface area contributed by atoms with E-state index in [9.17, 15) is 9.59 Å². The molecule has 0 amide bonds. The van der Waals surface area contributed by atoms with Gasteiger partial charge in [0.05, 0.1) is 0 Å². The Hall–Kier alpha value is -1.58. The summed E-state index contributed by atoms with van der Waals surface area (Å²) in [6.45, 7) is 8.95. The zero-order valence-corrected chi connectivity index (χ0v) is 12.1. The Bertz CT molecular complexity index is 349. The number of carbonyl (C=O) groups excluding carboxylic acids is 1. The van der Waals surface area contributed by atoms with E-state index in [0.717, 1.165) is 18.9 Å². The first kappa shape index (κ1) is 17.4. The van der Waals surface area contributed by atoms with Gasteiger partial charge >= 0.3 is 11.9 Å². The van der Waals surface area contributed by atoms with Crippen LogP contribution in [0, 0.1) is 0 Å². The summed E-state index contributed by atoms with van der Waals surface area (Å²) in [4.78, 5) is 20.8. The van der Waals surface area contributed by atoms with Crippen molar-refractivity contribution >= 4 is 11.9 Å². The molecule has 1 aliphatic carbocycles. The summed E-state index contributed by atoms with van der Waals surface area (Å²) in [7, 11) is 0. The molecule has 1 saturated carbocycles. The maximum atomic E-state index is 11.3. The molecule has 1 rings (SSSR count). The number of rotatable bonds is 3. The molecule has 1 N–H and O–H groups in total. The standard InChI is InChI=1S/C11H18O2.C4H6O2/c1-9(2)10(12)13-11(3)7-5-4-6-8-11;1-2-3-4(5)6/h1,4-8H2,2-3H3;2-3H,1H3,(H,5,6)/b;3-2+. The van der Waals surface area contributed by atoms with Gasteiger partial charge in [-0.3, -0.25) is 0 Å². The SMILES string of the molecule is C/C=C/C(=O)O.C=C(C)C(=O)OC1(C)CCCCC1. The van der Waals surface area contributed by atoms with Crippen molar-refractivity contribution in [3.8, 4) is 0 Å². The normalized spacial score (nSPS) is 17.2. The van der Waals surface area contributed by atoms with Crippen LogP contribution in [0.5, 0.6) is 0 Å². The topological polar surface area (TPSA) is 63.6 Å². The average Bonchev–Trinajstić information content (AvgIpc) is 2.29. The van der Waals surface area contributed by atoms with Crippen LogP contribution in [-0.4, -0.2) is 22.6 Å². The molecular formula is C15H24O4. The number of allylic oxidation sites excluding steroid dienone is 1. The van der Waals surface area contributed by atoms with Gasteiger partial charge in [-0.25, -0.2) is 9.59 Å². The Kier molecular flexibility index (Phi) is 7.80. The van der Waals surface area contributed by atoms with Crippen LogP contribution in [0.1, 0.15) is 52.9 Å². The van der Waals surface area contributed by atoms with Gasteiger partial charge in [-0.1, -0.05) is 19.1 Å². The zero-order valence-electron chi connectivity index (χ0n) is 12.1. The summed E-state index contributed by atoms with van der Waals surface area (Å²) in [6.07, 6.45) is 8.14. The van der Waals surface area contributed by atoms with Gasteiger partial charge in [-0.2, -0.15) is 0 Å².